The van der Waals surface area contributed by atoms with E-state index >= 15 is 0 Å². The van der Waals surface area contributed by atoms with E-state index in [1.54, 1.807) is 0 Å². The summed E-state index contributed by atoms with van der Waals surface area (Å²) in [6.45, 7) is 2.24. The van der Waals surface area contributed by atoms with Crippen LogP contribution in [0.3, 0.4) is 0 Å². The Bertz CT molecular complexity index is 565. The number of fused-ring (bicyclic) bond motifs is 1. The van der Waals surface area contributed by atoms with Gasteiger partial charge in [0, 0.05) is 18.9 Å². The highest BCUT2D eigenvalue weighted by molar-refractivity contribution is 5.62. The summed E-state index contributed by atoms with van der Waals surface area (Å²) in [5.41, 5.74) is 0.264. The van der Waals surface area contributed by atoms with E-state index in [1.807, 2.05) is 4.90 Å². The molecule has 0 atom stereocenters. The van der Waals surface area contributed by atoms with Crippen LogP contribution in [-0.4, -0.2) is 38.2 Å². The lowest BCUT2D eigenvalue weighted by Gasteiger charge is -2.43. The molecule has 4 nitrogen and oxygen atoms in total. The van der Waals surface area contributed by atoms with Gasteiger partial charge in [0.15, 0.2) is 23.2 Å². The van der Waals surface area contributed by atoms with Gasteiger partial charge in [-0.15, -0.1) is 0 Å². The zero-order valence-electron chi connectivity index (χ0n) is 12.3. The van der Waals surface area contributed by atoms with Gasteiger partial charge in [0.25, 0.3) is 0 Å². The number of hydrogen-bond acceptors (Lipinski definition) is 4. The van der Waals surface area contributed by atoms with Crippen molar-refractivity contribution in [1.29, 1.82) is 0 Å². The Hall–Kier alpha value is -1.40. The molecule has 1 saturated carbocycles. The lowest BCUT2D eigenvalue weighted by molar-refractivity contribution is -0.178. The first-order chi connectivity index (χ1) is 10.7. The normalized spacial score (nSPS) is 24.4. The van der Waals surface area contributed by atoms with Crippen molar-refractivity contribution >= 4 is 5.69 Å². The topological polar surface area (TPSA) is 30.9 Å². The predicted molar refractivity (Wildman–Crippen MR) is 76.1 cm³/mol. The smallest absolute Gasteiger partial charge is 0.181 e. The maximum atomic E-state index is 14.2. The maximum absolute atomic E-state index is 14.2. The second kappa shape index (κ2) is 5.35. The number of halogens is 2. The summed E-state index contributed by atoms with van der Waals surface area (Å²) in [4.78, 5) is 1.96. The molecule has 0 aromatic heterocycles. The van der Waals surface area contributed by atoms with Gasteiger partial charge >= 0.3 is 0 Å². The fraction of sp³-hybridized carbons (Fsp3) is 0.625. The lowest BCUT2D eigenvalue weighted by Crippen LogP contribution is -2.47. The number of nitrogens with zero attached hydrogens (tertiary/aromatic N) is 1. The van der Waals surface area contributed by atoms with Gasteiger partial charge in [0.2, 0.25) is 0 Å². The summed E-state index contributed by atoms with van der Waals surface area (Å²) in [6.07, 6.45) is 3.27. The first-order valence-corrected chi connectivity index (χ1v) is 7.84. The van der Waals surface area contributed by atoms with Crippen LogP contribution in [-0.2, 0) is 9.47 Å². The molecule has 0 N–H and O–H groups in total. The van der Waals surface area contributed by atoms with Gasteiger partial charge in [-0.25, -0.2) is 8.78 Å². The summed E-state index contributed by atoms with van der Waals surface area (Å²) in [7, 11) is 0. The average molecular weight is 311 g/mol. The van der Waals surface area contributed by atoms with Gasteiger partial charge < -0.3 is 19.1 Å². The van der Waals surface area contributed by atoms with E-state index < -0.39 is 17.4 Å². The van der Waals surface area contributed by atoms with Crippen molar-refractivity contribution in [3.8, 4) is 5.75 Å². The molecular formula is C16H19F2NO3. The molecule has 1 aliphatic carbocycles. The highest BCUT2D eigenvalue weighted by Gasteiger charge is 2.42. The van der Waals surface area contributed by atoms with Crippen LogP contribution in [0.25, 0.3) is 0 Å². The van der Waals surface area contributed by atoms with Crippen LogP contribution in [0.4, 0.5) is 14.5 Å². The lowest BCUT2D eigenvalue weighted by atomic mass is 9.88. The molecule has 1 aromatic carbocycles. The number of anilines is 1. The number of benzene rings is 1. The van der Waals surface area contributed by atoms with Crippen LogP contribution in [0.5, 0.6) is 5.75 Å². The molecule has 2 aliphatic heterocycles. The van der Waals surface area contributed by atoms with Crippen LogP contribution >= 0.6 is 0 Å². The molecule has 22 heavy (non-hydrogen) atoms. The quantitative estimate of drug-likeness (QED) is 0.798. The molecule has 120 valence electrons. The van der Waals surface area contributed by atoms with Crippen LogP contribution in [0.2, 0.25) is 0 Å². The molecule has 0 radical (unpaired) electrons. The average Bonchev–Trinajstić information content (AvgIpc) is 3.00. The molecule has 4 rings (SSSR count). The van der Waals surface area contributed by atoms with Crippen molar-refractivity contribution in [1.82, 2.24) is 0 Å². The number of rotatable bonds is 1. The molecule has 1 saturated heterocycles. The van der Waals surface area contributed by atoms with E-state index in [2.05, 4.69) is 0 Å². The molecule has 2 fully saturated rings. The van der Waals surface area contributed by atoms with Gasteiger partial charge in [-0.3, -0.25) is 0 Å². The third-order valence-electron chi connectivity index (χ3n) is 4.87. The Balaban J connectivity index is 1.57. The summed E-state index contributed by atoms with van der Waals surface area (Å²) in [5, 5.41) is 0. The molecule has 1 spiro atoms. The minimum atomic E-state index is -0.504. The number of hydrogen-bond donors (Lipinski definition) is 0. The van der Waals surface area contributed by atoms with E-state index in [-0.39, 0.29) is 17.5 Å². The van der Waals surface area contributed by atoms with Gasteiger partial charge in [-0.05, 0) is 25.0 Å². The van der Waals surface area contributed by atoms with Crippen molar-refractivity contribution in [3.05, 3.63) is 23.8 Å². The largest absolute Gasteiger partial charge is 0.486 e. The molecule has 6 heteroatoms. The van der Waals surface area contributed by atoms with Gasteiger partial charge in [-0.1, -0.05) is 0 Å². The van der Waals surface area contributed by atoms with Crippen LogP contribution in [0, 0.1) is 11.6 Å². The van der Waals surface area contributed by atoms with Gasteiger partial charge in [0.1, 0.15) is 12.3 Å². The summed E-state index contributed by atoms with van der Waals surface area (Å²) in [6, 6.07) is 2.45. The Morgan fingerprint density at radius 3 is 2.41 bits per heavy atom. The predicted octanol–water partition coefficient (Wildman–Crippen LogP) is 2.85. The highest BCUT2D eigenvalue weighted by Crippen LogP contribution is 2.43. The van der Waals surface area contributed by atoms with Crippen molar-refractivity contribution in [2.75, 3.05) is 31.3 Å². The van der Waals surface area contributed by atoms with Crippen LogP contribution < -0.4 is 9.64 Å². The number of ether oxygens (including phenoxy) is 3. The fourth-order valence-electron chi connectivity index (χ4n) is 3.79. The Labute approximate surface area is 127 Å². The van der Waals surface area contributed by atoms with E-state index in [0.717, 1.165) is 31.7 Å². The van der Waals surface area contributed by atoms with Crippen molar-refractivity contribution in [2.45, 2.75) is 37.5 Å². The molecule has 0 amide bonds. The second-order valence-electron chi connectivity index (χ2n) is 6.09. The Morgan fingerprint density at radius 1 is 1.00 bits per heavy atom. The Kier molecular flexibility index (Phi) is 3.46. The van der Waals surface area contributed by atoms with Crippen molar-refractivity contribution < 1.29 is 23.0 Å². The molecule has 2 heterocycles. The summed E-state index contributed by atoms with van der Waals surface area (Å²) >= 11 is 0. The van der Waals surface area contributed by atoms with Crippen molar-refractivity contribution in [2.24, 2.45) is 0 Å². The van der Waals surface area contributed by atoms with E-state index in [9.17, 15) is 8.78 Å². The zero-order valence-corrected chi connectivity index (χ0v) is 12.3. The minimum absolute atomic E-state index is 0.0416. The molecule has 1 aromatic rings. The molecule has 3 aliphatic rings. The first-order valence-electron chi connectivity index (χ1n) is 7.84. The van der Waals surface area contributed by atoms with E-state index in [1.165, 1.54) is 6.07 Å². The zero-order chi connectivity index (χ0) is 15.2. The maximum Gasteiger partial charge on any atom is 0.181 e. The van der Waals surface area contributed by atoms with E-state index in [4.69, 9.17) is 14.2 Å². The highest BCUT2D eigenvalue weighted by atomic mass is 19.1. The third-order valence-corrected chi connectivity index (χ3v) is 4.87. The third kappa shape index (κ3) is 2.25. The first kappa shape index (κ1) is 14.2. The van der Waals surface area contributed by atoms with Crippen molar-refractivity contribution in [3.63, 3.8) is 0 Å². The molecule has 0 unspecified atom stereocenters. The van der Waals surface area contributed by atoms with Gasteiger partial charge in [0.05, 0.1) is 19.8 Å². The Morgan fingerprint density at radius 2 is 1.68 bits per heavy atom. The SMILES string of the molecule is Fc1ccc(F)c2c1OCCN2C1CCC2(CC1)OCCO2. The van der Waals surface area contributed by atoms with Gasteiger partial charge in [-0.2, -0.15) is 0 Å². The summed E-state index contributed by atoms with van der Waals surface area (Å²) in [5.74, 6) is -1.33. The van der Waals surface area contributed by atoms with Crippen LogP contribution in [0.15, 0.2) is 12.1 Å². The molecule has 0 bridgehead atoms. The minimum Gasteiger partial charge on any atom is -0.486 e. The van der Waals surface area contributed by atoms with E-state index in [0.29, 0.717) is 26.4 Å². The fourth-order valence-corrected chi connectivity index (χ4v) is 3.79. The summed E-state index contributed by atoms with van der Waals surface area (Å²) < 4.78 is 44.9. The standard InChI is InChI=1S/C16H19F2NO3/c17-12-1-2-13(18)15-14(12)19(7-8-20-15)11-3-5-16(6-4-11)21-9-10-22-16/h1-2,11H,3-10H2. The second-order valence-corrected chi connectivity index (χ2v) is 6.09. The van der Waals surface area contributed by atoms with Crippen LogP contribution in [0.1, 0.15) is 25.7 Å². The monoisotopic (exact) mass is 311 g/mol. The molecular weight excluding hydrogens is 292 g/mol.